The van der Waals surface area contributed by atoms with E-state index in [2.05, 4.69) is 10.6 Å². The molecule has 0 radical (unpaired) electrons. The van der Waals surface area contributed by atoms with E-state index in [1.54, 1.807) is 30.3 Å². The molecular weight excluding hydrogens is 388 g/mol. The monoisotopic (exact) mass is 402 g/mol. The average Bonchev–Trinajstić information content (AvgIpc) is 2.64. The molecule has 0 aliphatic carbocycles. The second kappa shape index (κ2) is 8.20. The Balaban J connectivity index is 1.83. The number of amides is 2. The van der Waals surface area contributed by atoms with Crippen LogP contribution < -0.4 is 20.1 Å². The van der Waals surface area contributed by atoms with Crippen molar-refractivity contribution >= 4 is 46.8 Å². The second-order valence-electron chi connectivity index (χ2n) is 5.62. The predicted octanol–water partition coefficient (Wildman–Crippen LogP) is 2.84. The molecule has 1 heterocycles. The lowest BCUT2D eigenvalue weighted by molar-refractivity contribution is -0.123. The number of halogens is 1. The van der Waals surface area contributed by atoms with Gasteiger partial charge in [-0.1, -0.05) is 29.8 Å². The number of thiocarbonyl (C=S) groups is 1. The van der Waals surface area contributed by atoms with Crippen molar-refractivity contribution in [2.75, 3.05) is 7.11 Å². The summed E-state index contributed by atoms with van der Waals surface area (Å²) in [6, 6.07) is 12.4. The zero-order valence-corrected chi connectivity index (χ0v) is 15.8. The lowest BCUT2D eigenvalue weighted by atomic mass is 10.1. The summed E-state index contributed by atoms with van der Waals surface area (Å²) in [5, 5.41) is 5.42. The van der Waals surface area contributed by atoms with Crippen LogP contribution in [-0.2, 0) is 16.2 Å². The van der Waals surface area contributed by atoms with E-state index in [0.717, 1.165) is 5.56 Å². The van der Waals surface area contributed by atoms with E-state index in [0.29, 0.717) is 28.7 Å². The van der Waals surface area contributed by atoms with Crippen LogP contribution in [0.3, 0.4) is 0 Å². The Hall–Kier alpha value is -2.90. The van der Waals surface area contributed by atoms with Crippen LogP contribution in [-0.4, -0.2) is 24.0 Å². The first-order chi connectivity index (χ1) is 13.0. The molecular formula is C19H15ClN2O4S. The zero-order chi connectivity index (χ0) is 19.4. The molecule has 0 unspecified atom stereocenters. The van der Waals surface area contributed by atoms with Gasteiger partial charge in [0.15, 0.2) is 16.6 Å². The number of carbonyl (C=O) groups is 2. The van der Waals surface area contributed by atoms with E-state index in [4.69, 9.17) is 33.3 Å². The summed E-state index contributed by atoms with van der Waals surface area (Å²) >= 11 is 10.7. The van der Waals surface area contributed by atoms with Crippen molar-refractivity contribution in [1.82, 2.24) is 10.6 Å². The molecule has 2 amide bonds. The SMILES string of the molecule is COc1ccc(C=C2C(=O)NC(=S)NC2=O)cc1OCc1ccc(Cl)cc1. The van der Waals surface area contributed by atoms with Crippen LogP contribution in [0.15, 0.2) is 48.0 Å². The molecule has 1 aliphatic rings. The molecule has 0 atom stereocenters. The third-order valence-electron chi connectivity index (χ3n) is 3.75. The average molecular weight is 403 g/mol. The van der Waals surface area contributed by atoms with Crippen molar-refractivity contribution in [2.45, 2.75) is 6.61 Å². The quantitative estimate of drug-likeness (QED) is 0.457. The molecule has 0 saturated carbocycles. The van der Waals surface area contributed by atoms with Crippen molar-refractivity contribution in [3.63, 3.8) is 0 Å². The number of rotatable bonds is 5. The van der Waals surface area contributed by atoms with Crippen LogP contribution in [0.25, 0.3) is 6.08 Å². The fraction of sp³-hybridized carbons (Fsp3) is 0.105. The van der Waals surface area contributed by atoms with Gasteiger partial charge in [-0.2, -0.15) is 0 Å². The van der Waals surface area contributed by atoms with E-state index < -0.39 is 11.8 Å². The fourth-order valence-electron chi connectivity index (χ4n) is 2.41. The zero-order valence-electron chi connectivity index (χ0n) is 14.2. The minimum atomic E-state index is -0.553. The van der Waals surface area contributed by atoms with Crippen molar-refractivity contribution in [2.24, 2.45) is 0 Å². The van der Waals surface area contributed by atoms with E-state index in [9.17, 15) is 9.59 Å². The predicted molar refractivity (Wildman–Crippen MR) is 106 cm³/mol. The Kier molecular flexibility index (Phi) is 5.73. The molecule has 3 rings (SSSR count). The minimum absolute atomic E-state index is 0.0103. The van der Waals surface area contributed by atoms with E-state index in [-0.39, 0.29) is 10.7 Å². The first-order valence-electron chi connectivity index (χ1n) is 7.90. The van der Waals surface area contributed by atoms with Gasteiger partial charge in [-0.3, -0.25) is 20.2 Å². The van der Waals surface area contributed by atoms with Crippen LogP contribution in [0, 0.1) is 0 Å². The van der Waals surface area contributed by atoms with Gasteiger partial charge in [0.1, 0.15) is 12.2 Å². The number of nitrogens with one attached hydrogen (secondary N) is 2. The van der Waals surface area contributed by atoms with Crippen molar-refractivity contribution in [1.29, 1.82) is 0 Å². The lowest BCUT2D eigenvalue weighted by Crippen LogP contribution is -2.51. The van der Waals surface area contributed by atoms with Crippen molar-refractivity contribution in [3.05, 3.63) is 64.2 Å². The number of methoxy groups -OCH3 is 1. The molecule has 2 N–H and O–H groups in total. The first-order valence-corrected chi connectivity index (χ1v) is 8.68. The van der Waals surface area contributed by atoms with Gasteiger partial charge in [0.2, 0.25) is 0 Å². The van der Waals surface area contributed by atoms with Crippen LogP contribution in [0.2, 0.25) is 5.02 Å². The summed E-state index contributed by atoms with van der Waals surface area (Å²) in [6.07, 6.45) is 1.46. The summed E-state index contributed by atoms with van der Waals surface area (Å²) < 4.78 is 11.1. The van der Waals surface area contributed by atoms with Crippen LogP contribution in [0.1, 0.15) is 11.1 Å². The molecule has 2 aromatic carbocycles. The molecule has 6 nitrogen and oxygen atoms in total. The van der Waals surface area contributed by atoms with Gasteiger partial charge in [0, 0.05) is 5.02 Å². The van der Waals surface area contributed by atoms with Gasteiger partial charge in [-0.05, 0) is 53.7 Å². The molecule has 1 saturated heterocycles. The Morgan fingerprint density at radius 1 is 1.04 bits per heavy atom. The maximum absolute atomic E-state index is 12.0. The maximum atomic E-state index is 12.0. The van der Waals surface area contributed by atoms with Gasteiger partial charge in [0.25, 0.3) is 11.8 Å². The van der Waals surface area contributed by atoms with E-state index in [1.807, 2.05) is 12.1 Å². The first kappa shape index (κ1) is 18.9. The smallest absolute Gasteiger partial charge is 0.263 e. The Morgan fingerprint density at radius 3 is 2.33 bits per heavy atom. The van der Waals surface area contributed by atoms with Gasteiger partial charge in [-0.25, -0.2) is 0 Å². The summed E-state index contributed by atoms with van der Waals surface area (Å²) in [5.41, 5.74) is 1.50. The molecule has 1 fully saturated rings. The molecule has 138 valence electrons. The molecule has 8 heteroatoms. The highest BCUT2D eigenvalue weighted by molar-refractivity contribution is 7.80. The summed E-state index contributed by atoms with van der Waals surface area (Å²) in [5.74, 6) is -0.0924. The molecule has 0 spiro atoms. The Bertz CT molecular complexity index is 919. The lowest BCUT2D eigenvalue weighted by Gasteiger charge is -2.16. The van der Waals surface area contributed by atoms with Crippen LogP contribution in [0.4, 0.5) is 0 Å². The maximum Gasteiger partial charge on any atom is 0.263 e. The number of hydrogen-bond donors (Lipinski definition) is 2. The van der Waals surface area contributed by atoms with Crippen molar-refractivity contribution in [3.8, 4) is 11.5 Å². The summed E-state index contributed by atoms with van der Waals surface area (Å²) in [4.78, 5) is 23.9. The Morgan fingerprint density at radius 2 is 1.70 bits per heavy atom. The number of ether oxygens (including phenoxy) is 2. The van der Waals surface area contributed by atoms with Crippen LogP contribution in [0.5, 0.6) is 11.5 Å². The Labute approximate surface area is 166 Å². The molecule has 0 aromatic heterocycles. The number of carbonyl (C=O) groups excluding carboxylic acids is 2. The highest BCUT2D eigenvalue weighted by Gasteiger charge is 2.25. The largest absolute Gasteiger partial charge is 0.493 e. The van der Waals surface area contributed by atoms with Gasteiger partial charge >= 0.3 is 0 Å². The van der Waals surface area contributed by atoms with Gasteiger partial charge in [0.05, 0.1) is 7.11 Å². The molecule has 27 heavy (non-hydrogen) atoms. The molecule has 2 aromatic rings. The molecule has 0 bridgehead atoms. The fourth-order valence-corrected chi connectivity index (χ4v) is 2.72. The normalized spacial score (nSPS) is 13.7. The third kappa shape index (κ3) is 4.64. The van der Waals surface area contributed by atoms with E-state index in [1.165, 1.54) is 13.2 Å². The minimum Gasteiger partial charge on any atom is -0.493 e. The summed E-state index contributed by atoms with van der Waals surface area (Å²) in [7, 11) is 1.53. The van der Waals surface area contributed by atoms with Crippen LogP contribution >= 0.6 is 23.8 Å². The van der Waals surface area contributed by atoms with E-state index >= 15 is 0 Å². The van der Waals surface area contributed by atoms with Crippen molar-refractivity contribution < 1.29 is 19.1 Å². The third-order valence-corrected chi connectivity index (χ3v) is 4.21. The highest BCUT2D eigenvalue weighted by atomic mass is 35.5. The second-order valence-corrected chi connectivity index (χ2v) is 6.47. The summed E-state index contributed by atoms with van der Waals surface area (Å²) in [6.45, 7) is 0.308. The highest BCUT2D eigenvalue weighted by Crippen LogP contribution is 2.30. The van der Waals surface area contributed by atoms with Gasteiger partial charge < -0.3 is 9.47 Å². The molecule has 1 aliphatic heterocycles. The topological polar surface area (TPSA) is 76.7 Å². The standard InChI is InChI=1S/C19H15ClN2O4S/c1-25-15-7-4-12(8-14-17(23)21-19(27)22-18(14)24)9-16(15)26-10-11-2-5-13(20)6-3-11/h2-9H,10H2,1H3,(H2,21,22,23,24,27). The number of benzene rings is 2. The van der Waals surface area contributed by atoms with Gasteiger partial charge in [-0.15, -0.1) is 0 Å². The number of hydrogen-bond acceptors (Lipinski definition) is 5.